The highest BCUT2D eigenvalue weighted by Gasteiger charge is 2.34. The van der Waals surface area contributed by atoms with Crippen molar-refractivity contribution in [1.29, 1.82) is 0 Å². The third-order valence-electron chi connectivity index (χ3n) is 10.8. The van der Waals surface area contributed by atoms with Crippen LogP contribution in [0.15, 0.2) is 230 Å². The lowest BCUT2D eigenvalue weighted by atomic mass is 10.1. The molecule has 0 aliphatic rings. The lowest BCUT2D eigenvalue weighted by Gasteiger charge is -2.42. The lowest BCUT2D eigenvalue weighted by Crippen LogP contribution is -2.07. The van der Waals surface area contributed by atoms with Crippen LogP contribution in [-0.4, -0.2) is 19.5 Å². The first-order chi connectivity index (χ1) is 28.3. The van der Waals surface area contributed by atoms with Gasteiger partial charge in [-0.3, -0.25) is 4.57 Å². The minimum atomic E-state index is -2.07. The summed E-state index contributed by atoms with van der Waals surface area (Å²) >= 11 is 0. The Kier molecular flexibility index (Phi) is 7.83. The third-order valence-corrected chi connectivity index (χ3v) is 14.7. The van der Waals surface area contributed by atoms with Gasteiger partial charge in [0.05, 0.1) is 11.0 Å². The van der Waals surface area contributed by atoms with Crippen molar-refractivity contribution < 1.29 is 4.42 Å². The van der Waals surface area contributed by atoms with Crippen LogP contribution in [-0.2, 0) is 0 Å². The van der Waals surface area contributed by atoms with E-state index >= 15 is 0 Å². The van der Waals surface area contributed by atoms with Crippen molar-refractivity contribution in [2.45, 2.75) is 19.6 Å². The molecule has 5 nitrogen and oxygen atoms in total. The van der Waals surface area contributed by atoms with E-state index in [2.05, 4.69) is 180 Å². The van der Waals surface area contributed by atoms with Gasteiger partial charge in [-0.15, -0.1) is 10.0 Å². The van der Waals surface area contributed by atoms with Crippen molar-refractivity contribution in [3.05, 3.63) is 206 Å². The molecular formula is C51H34N4OS. The summed E-state index contributed by atoms with van der Waals surface area (Å²) in [6.07, 6.45) is 0. The second-order valence-corrected chi connectivity index (χ2v) is 17.2. The normalized spacial score (nSPS) is 12.1. The van der Waals surface area contributed by atoms with Gasteiger partial charge in [0.25, 0.3) is 0 Å². The zero-order chi connectivity index (χ0) is 37.8. The molecule has 0 N–H and O–H groups in total. The highest BCUT2D eigenvalue weighted by molar-refractivity contribution is 8.34. The average molecular weight is 751 g/mol. The van der Waals surface area contributed by atoms with Gasteiger partial charge in [-0.1, -0.05) is 133 Å². The summed E-state index contributed by atoms with van der Waals surface area (Å²) in [4.78, 5) is 20.5. The Balaban J connectivity index is 1.19. The molecule has 270 valence electrons. The minimum Gasteiger partial charge on any atom is -0.456 e. The fourth-order valence-corrected chi connectivity index (χ4v) is 12.2. The Morgan fingerprint density at radius 2 is 0.842 bits per heavy atom. The number of hydrogen-bond acceptors (Lipinski definition) is 4. The van der Waals surface area contributed by atoms with Crippen molar-refractivity contribution in [1.82, 2.24) is 19.5 Å². The average Bonchev–Trinajstić information content (AvgIpc) is 3.83. The minimum absolute atomic E-state index is 0.573. The highest BCUT2D eigenvalue weighted by atomic mass is 32.3. The van der Waals surface area contributed by atoms with Crippen LogP contribution in [0.3, 0.4) is 0 Å². The van der Waals surface area contributed by atoms with E-state index < -0.39 is 10.0 Å². The van der Waals surface area contributed by atoms with Crippen LogP contribution in [0.5, 0.6) is 0 Å². The second-order valence-electron chi connectivity index (χ2n) is 14.0. The molecule has 11 rings (SSSR count). The highest BCUT2D eigenvalue weighted by Crippen LogP contribution is 2.73. The van der Waals surface area contributed by atoms with Gasteiger partial charge in [-0.25, -0.2) is 4.98 Å². The van der Waals surface area contributed by atoms with E-state index in [9.17, 15) is 0 Å². The van der Waals surface area contributed by atoms with Crippen LogP contribution in [0.2, 0.25) is 0 Å². The summed E-state index contributed by atoms with van der Waals surface area (Å²) in [6.45, 7) is 0. The Morgan fingerprint density at radius 3 is 1.51 bits per heavy atom. The van der Waals surface area contributed by atoms with E-state index in [0.29, 0.717) is 17.6 Å². The van der Waals surface area contributed by atoms with E-state index in [1.807, 2.05) is 30.3 Å². The predicted octanol–water partition coefficient (Wildman–Crippen LogP) is 13.5. The van der Waals surface area contributed by atoms with E-state index in [4.69, 9.17) is 19.4 Å². The topological polar surface area (TPSA) is 56.7 Å². The zero-order valence-corrected chi connectivity index (χ0v) is 31.6. The van der Waals surface area contributed by atoms with Crippen LogP contribution in [0.25, 0.3) is 72.5 Å². The number of fused-ring (bicyclic) bond motifs is 6. The molecule has 0 saturated heterocycles. The van der Waals surface area contributed by atoms with Crippen molar-refractivity contribution in [3.8, 4) is 28.7 Å². The zero-order valence-electron chi connectivity index (χ0n) is 30.7. The van der Waals surface area contributed by atoms with Crippen LogP contribution in [0.1, 0.15) is 0 Å². The Hall–Kier alpha value is -7.28. The summed E-state index contributed by atoms with van der Waals surface area (Å²) in [6, 6.07) is 72.8. The van der Waals surface area contributed by atoms with Gasteiger partial charge < -0.3 is 4.42 Å². The van der Waals surface area contributed by atoms with Crippen molar-refractivity contribution in [2.24, 2.45) is 0 Å². The van der Waals surface area contributed by atoms with E-state index in [0.717, 1.165) is 54.9 Å². The van der Waals surface area contributed by atoms with Gasteiger partial charge in [-0.2, -0.15) is 9.97 Å². The number of nitrogens with zero attached hydrogens (tertiary/aromatic N) is 4. The molecule has 0 unspecified atom stereocenters. The summed E-state index contributed by atoms with van der Waals surface area (Å²) in [7, 11) is -2.07. The molecule has 57 heavy (non-hydrogen) atoms. The molecule has 0 spiro atoms. The fraction of sp³-hybridized carbons (Fsp3) is 0. The first-order valence-electron chi connectivity index (χ1n) is 19.0. The van der Waals surface area contributed by atoms with Gasteiger partial charge >= 0.3 is 0 Å². The third kappa shape index (κ3) is 5.37. The summed E-state index contributed by atoms with van der Waals surface area (Å²) in [5.41, 5.74) is 5.68. The molecule has 11 aromatic rings. The fourth-order valence-electron chi connectivity index (χ4n) is 8.24. The molecule has 0 aliphatic carbocycles. The molecule has 0 fully saturated rings. The second kappa shape index (κ2) is 13.5. The quantitative estimate of drug-likeness (QED) is 0.163. The molecule has 0 amide bonds. The number of benzene rings is 8. The standard InChI is InChI=1S/C51H34N4OS/c1-4-17-35(18-5-1)49-52-50(54-51(53-49)55-45-28-13-10-25-41(45)42-26-11-14-29-46(42)55)36-19-16-24-39(33-36)57(37-20-6-2-7-21-37,38-22-8-3-9-23-38)40-31-32-48-44(34-40)43-27-12-15-30-47(43)56-48/h1-34H. The first-order valence-corrected chi connectivity index (χ1v) is 20.6. The summed E-state index contributed by atoms with van der Waals surface area (Å²) < 4.78 is 8.51. The maximum Gasteiger partial charge on any atom is 0.238 e. The summed E-state index contributed by atoms with van der Waals surface area (Å²) in [5.74, 6) is 1.79. The SMILES string of the molecule is c1ccc(-c2nc(-c3cccc(S(c4ccccc4)(c4ccccc4)c4ccc5oc6ccccc6c5c4)c3)nc(-n3c4ccccc4c4ccccc43)n2)cc1. The van der Waals surface area contributed by atoms with E-state index in [-0.39, 0.29) is 0 Å². The van der Waals surface area contributed by atoms with Gasteiger partial charge in [0.1, 0.15) is 11.2 Å². The number of para-hydroxylation sites is 3. The predicted molar refractivity (Wildman–Crippen MR) is 232 cm³/mol. The van der Waals surface area contributed by atoms with Crippen LogP contribution in [0.4, 0.5) is 0 Å². The number of furan rings is 1. The maximum absolute atomic E-state index is 6.34. The molecular weight excluding hydrogens is 717 g/mol. The van der Waals surface area contributed by atoms with Crippen LogP contribution < -0.4 is 0 Å². The first kappa shape index (κ1) is 33.1. The van der Waals surface area contributed by atoms with E-state index in [1.165, 1.54) is 19.6 Å². The van der Waals surface area contributed by atoms with Crippen molar-refractivity contribution >= 4 is 53.8 Å². The van der Waals surface area contributed by atoms with Crippen LogP contribution in [0, 0.1) is 0 Å². The van der Waals surface area contributed by atoms with E-state index in [1.54, 1.807) is 0 Å². The number of hydrogen-bond donors (Lipinski definition) is 0. The van der Waals surface area contributed by atoms with Gasteiger partial charge in [-0.05, 0) is 72.8 Å². The monoisotopic (exact) mass is 750 g/mol. The molecule has 0 saturated carbocycles. The van der Waals surface area contributed by atoms with Crippen molar-refractivity contribution in [3.63, 3.8) is 0 Å². The molecule has 0 bridgehead atoms. The number of rotatable bonds is 7. The largest absolute Gasteiger partial charge is 0.456 e. The Bertz CT molecular complexity index is 3160. The lowest BCUT2D eigenvalue weighted by molar-refractivity contribution is 0.668. The smallest absolute Gasteiger partial charge is 0.238 e. The molecule has 3 heterocycles. The van der Waals surface area contributed by atoms with Crippen LogP contribution >= 0.6 is 10.0 Å². The summed E-state index contributed by atoms with van der Waals surface area (Å²) in [5, 5.41) is 4.51. The molecule has 3 aromatic heterocycles. The number of aromatic nitrogens is 4. The Morgan fingerprint density at radius 1 is 0.351 bits per heavy atom. The van der Waals surface area contributed by atoms with Crippen molar-refractivity contribution in [2.75, 3.05) is 0 Å². The maximum atomic E-state index is 6.34. The van der Waals surface area contributed by atoms with Gasteiger partial charge in [0.2, 0.25) is 5.95 Å². The molecule has 0 atom stereocenters. The Labute approximate surface area is 330 Å². The molecule has 0 aliphatic heterocycles. The van der Waals surface area contributed by atoms with Gasteiger partial charge in [0, 0.05) is 52.3 Å². The molecule has 6 heteroatoms. The molecule has 0 radical (unpaired) electrons. The van der Waals surface area contributed by atoms with Gasteiger partial charge in [0.15, 0.2) is 11.6 Å². The molecule has 8 aromatic carbocycles.